The topological polar surface area (TPSA) is 87.2 Å². The SMILES string of the molecule is CC(CCO)Sc1cccc(C#N)c1[N+](=O)[O-]. The third-order valence-corrected chi connectivity index (χ3v) is 3.39. The quantitative estimate of drug-likeness (QED) is 0.493. The predicted octanol–water partition coefficient (Wildman–Crippen LogP) is 2.33. The number of para-hydroxylation sites is 1. The number of nitro benzene ring substituents is 1. The van der Waals surface area contributed by atoms with Crippen molar-refractivity contribution in [3.8, 4) is 6.07 Å². The van der Waals surface area contributed by atoms with Crippen molar-refractivity contribution in [3.63, 3.8) is 0 Å². The van der Waals surface area contributed by atoms with Gasteiger partial charge in [-0.25, -0.2) is 0 Å². The van der Waals surface area contributed by atoms with Crippen molar-refractivity contribution < 1.29 is 10.0 Å². The molecule has 0 heterocycles. The van der Waals surface area contributed by atoms with Crippen molar-refractivity contribution in [2.75, 3.05) is 6.61 Å². The van der Waals surface area contributed by atoms with Crippen LogP contribution in [-0.4, -0.2) is 21.9 Å². The molecule has 17 heavy (non-hydrogen) atoms. The van der Waals surface area contributed by atoms with Gasteiger partial charge in [0.05, 0.1) is 9.82 Å². The summed E-state index contributed by atoms with van der Waals surface area (Å²) in [6.45, 7) is 1.92. The van der Waals surface area contributed by atoms with Gasteiger partial charge in [0, 0.05) is 11.9 Å². The van der Waals surface area contributed by atoms with E-state index in [0.29, 0.717) is 11.3 Å². The van der Waals surface area contributed by atoms with Gasteiger partial charge in [0.1, 0.15) is 11.6 Å². The molecule has 0 amide bonds. The van der Waals surface area contributed by atoms with Crippen molar-refractivity contribution in [1.82, 2.24) is 0 Å². The summed E-state index contributed by atoms with van der Waals surface area (Å²) >= 11 is 1.30. The number of hydrogen-bond acceptors (Lipinski definition) is 5. The molecule has 1 aromatic carbocycles. The van der Waals surface area contributed by atoms with Gasteiger partial charge in [0.15, 0.2) is 0 Å². The first-order valence-corrected chi connectivity index (χ1v) is 5.93. The highest BCUT2D eigenvalue weighted by molar-refractivity contribution is 8.00. The third kappa shape index (κ3) is 3.44. The molecule has 1 rings (SSSR count). The Morgan fingerprint density at radius 1 is 1.65 bits per heavy atom. The first-order valence-electron chi connectivity index (χ1n) is 5.05. The molecule has 0 bridgehead atoms. The Hall–Kier alpha value is -1.58. The van der Waals surface area contributed by atoms with Crippen LogP contribution >= 0.6 is 11.8 Å². The predicted molar refractivity (Wildman–Crippen MR) is 64.8 cm³/mol. The third-order valence-electron chi connectivity index (χ3n) is 2.17. The zero-order valence-electron chi connectivity index (χ0n) is 9.29. The van der Waals surface area contributed by atoms with Crippen LogP contribution < -0.4 is 0 Å². The first-order chi connectivity index (χ1) is 8.10. The number of aliphatic hydroxyl groups is 1. The Morgan fingerprint density at radius 3 is 2.88 bits per heavy atom. The van der Waals surface area contributed by atoms with Crippen LogP contribution in [0.3, 0.4) is 0 Å². The van der Waals surface area contributed by atoms with Crippen LogP contribution in [0.2, 0.25) is 0 Å². The van der Waals surface area contributed by atoms with Gasteiger partial charge in [-0.2, -0.15) is 5.26 Å². The maximum absolute atomic E-state index is 10.9. The molecule has 6 heteroatoms. The fraction of sp³-hybridized carbons (Fsp3) is 0.364. The molecule has 1 aromatic rings. The van der Waals surface area contributed by atoms with Gasteiger partial charge in [0.25, 0.3) is 0 Å². The van der Waals surface area contributed by atoms with Crippen LogP contribution in [0.5, 0.6) is 0 Å². The number of nitro groups is 1. The summed E-state index contributed by atoms with van der Waals surface area (Å²) in [5.74, 6) is 0. The van der Waals surface area contributed by atoms with Crippen molar-refractivity contribution in [2.24, 2.45) is 0 Å². The van der Waals surface area contributed by atoms with E-state index in [4.69, 9.17) is 10.4 Å². The highest BCUT2D eigenvalue weighted by Crippen LogP contribution is 2.35. The largest absolute Gasteiger partial charge is 0.396 e. The number of benzene rings is 1. The van der Waals surface area contributed by atoms with E-state index in [0.717, 1.165) is 0 Å². The highest BCUT2D eigenvalue weighted by Gasteiger charge is 2.21. The van der Waals surface area contributed by atoms with Crippen molar-refractivity contribution in [2.45, 2.75) is 23.5 Å². The summed E-state index contributed by atoms with van der Waals surface area (Å²) in [4.78, 5) is 10.9. The van der Waals surface area contributed by atoms with Gasteiger partial charge < -0.3 is 5.11 Å². The van der Waals surface area contributed by atoms with Gasteiger partial charge in [-0.1, -0.05) is 13.0 Å². The minimum absolute atomic E-state index is 0.0416. The van der Waals surface area contributed by atoms with E-state index in [9.17, 15) is 10.1 Å². The lowest BCUT2D eigenvalue weighted by Gasteiger charge is -2.09. The van der Waals surface area contributed by atoms with E-state index in [2.05, 4.69) is 0 Å². The fourth-order valence-corrected chi connectivity index (χ4v) is 2.46. The average molecular weight is 252 g/mol. The molecule has 0 saturated heterocycles. The Kier molecular flexibility index (Phi) is 4.94. The van der Waals surface area contributed by atoms with Gasteiger partial charge in [-0.05, 0) is 18.6 Å². The van der Waals surface area contributed by atoms with E-state index in [1.807, 2.05) is 13.0 Å². The van der Waals surface area contributed by atoms with Crippen molar-refractivity contribution >= 4 is 17.4 Å². The maximum atomic E-state index is 10.9. The molecule has 1 N–H and O–H groups in total. The summed E-state index contributed by atoms with van der Waals surface area (Å²) < 4.78 is 0. The normalized spacial score (nSPS) is 11.8. The Bertz CT molecular complexity index is 457. The lowest BCUT2D eigenvalue weighted by atomic mass is 10.2. The lowest BCUT2D eigenvalue weighted by Crippen LogP contribution is -2.01. The Balaban J connectivity index is 3.07. The molecule has 0 aliphatic heterocycles. The van der Waals surface area contributed by atoms with E-state index >= 15 is 0 Å². The molecule has 0 aliphatic carbocycles. The van der Waals surface area contributed by atoms with Crippen LogP contribution in [0.15, 0.2) is 23.1 Å². The zero-order valence-corrected chi connectivity index (χ0v) is 10.1. The van der Waals surface area contributed by atoms with Crippen LogP contribution in [0, 0.1) is 21.4 Å². The maximum Gasteiger partial charge on any atom is 0.300 e. The first kappa shape index (κ1) is 13.5. The minimum Gasteiger partial charge on any atom is -0.396 e. The van der Waals surface area contributed by atoms with Crippen molar-refractivity contribution in [1.29, 1.82) is 5.26 Å². The molecule has 0 saturated carbocycles. The molecule has 0 aliphatic rings. The smallest absolute Gasteiger partial charge is 0.300 e. The average Bonchev–Trinajstić information content (AvgIpc) is 2.28. The van der Waals surface area contributed by atoms with E-state index < -0.39 is 4.92 Å². The van der Waals surface area contributed by atoms with Gasteiger partial charge >= 0.3 is 5.69 Å². The number of nitriles is 1. The molecule has 0 radical (unpaired) electrons. The number of rotatable bonds is 5. The van der Waals surface area contributed by atoms with E-state index in [1.54, 1.807) is 12.1 Å². The second kappa shape index (κ2) is 6.23. The van der Waals surface area contributed by atoms with Crippen LogP contribution in [0.4, 0.5) is 5.69 Å². The lowest BCUT2D eigenvalue weighted by molar-refractivity contribution is -0.388. The minimum atomic E-state index is -0.535. The molecular weight excluding hydrogens is 240 g/mol. The number of nitrogens with zero attached hydrogens (tertiary/aromatic N) is 2. The van der Waals surface area contributed by atoms with E-state index in [-0.39, 0.29) is 23.1 Å². The fourth-order valence-electron chi connectivity index (χ4n) is 1.35. The molecule has 0 fully saturated rings. The monoisotopic (exact) mass is 252 g/mol. The molecule has 5 nitrogen and oxygen atoms in total. The number of aliphatic hydroxyl groups excluding tert-OH is 1. The van der Waals surface area contributed by atoms with E-state index in [1.165, 1.54) is 17.8 Å². The van der Waals surface area contributed by atoms with Crippen molar-refractivity contribution in [3.05, 3.63) is 33.9 Å². The number of hydrogen-bond donors (Lipinski definition) is 1. The molecule has 0 spiro atoms. The van der Waals surface area contributed by atoms with Gasteiger partial charge in [-0.3, -0.25) is 10.1 Å². The Morgan fingerprint density at radius 2 is 2.35 bits per heavy atom. The van der Waals surface area contributed by atoms with Gasteiger partial charge in [0.2, 0.25) is 0 Å². The summed E-state index contributed by atoms with van der Waals surface area (Å²) in [5, 5.41) is 28.6. The standard InChI is InChI=1S/C11H12N2O3S/c1-8(5-6-14)17-10-4-2-3-9(7-12)11(10)13(15)16/h2-4,8,14H,5-6H2,1H3. The zero-order chi connectivity index (χ0) is 12.8. The molecule has 1 unspecified atom stereocenters. The summed E-state index contributed by atoms with van der Waals surface area (Å²) in [6.07, 6.45) is 0.554. The second-order valence-corrected chi connectivity index (χ2v) is 4.94. The summed E-state index contributed by atoms with van der Waals surface area (Å²) in [5.41, 5.74) is -0.0824. The van der Waals surface area contributed by atoms with Crippen LogP contribution in [0.1, 0.15) is 18.9 Å². The number of thioether (sulfide) groups is 1. The molecule has 1 atom stereocenters. The summed E-state index contributed by atoms with van der Waals surface area (Å²) in [6, 6.07) is 6.49. The van der Waals surface area contributed by atoms with Crippen LogP contribution in [-0.2, 0) is 0 Å². The molecule has 90 valence electrons. The highest BCUT2D eigenvalue weighted by atomic mass is 32.2. The summed E-state index contributed by atoms with van der Waals surface area (Å²) in [7, 11) is 0. The molecular formula is C11H12N2O3S. The Labute approximate surface area is 103 Å². The van der Waals surface area contributed by atoms with Gasteiger partial charge in [-0.15, -0.1) is 11.8 Å². The molecule has 0 aromatic heterocycles. The van der Waals surface area contributed by atoms with Crippen LogP contribution in [0.25, 0.3) is 0 Å². The second-order valence-electron chi connectivity index (χ2n) is 3.46.